The number of morpholine rings is 1. The van der Waals surface area contributed by atoms with Crippen LogP contribution in [0, 0.1) is 0 Å². The topological polar surface area (TPSA) is 71.9 Å². The molecule has 7 nitrogen and oxygen atoms in total. The molecule has 1 saturated heterocycles. The first-order valence-corrected chi connectivity index (χ1v) is 8.23. The third-order valence-corrected chi connectivity index (χ3v) is 4.29. The van der Waals surface area contributed by atoms with Gasteiger partial charge in [0, 0.05) is 42.9 Å². The van der Waals surface area contributed by atoms with E-state index in [2.05, 4.69) is 53.0 Å². The van der Waals surface area contributed by atoms with Gasteiger partial charge in [0.05, 0.1) is 12.8 Å². The van der Waals surface area contributed by atoms with E-state index >= 15 is 0 Å². The van der Waals surface area contributed by atoms with E-state index in [9.17, 15) is 0 Å². The van der Waals surface area contributed by atoms with Crippen molar-refractivity contribution in [2.24, 2.45) is 0 Å². The first-order chi connectivity index (χ1) is 11.0. The van der Waals surface area contributed by atoms with Gasteiger partial charge >= 0.3 is 0 Å². The van der Waals surface area contributed by atoms with Crippen molar-refractivity contribution in [3.8, 4) is 0 Å². The minimum atomic E-state index is -0.0174. The molecular formula is C16H26N6O. The van der Waals surface area contributed by atoms with Gasteiger partial charge in [-0.2, -0.15) is 5.10 Å². The van der Waals surface area contributed by atoms with Crippen molar-refractivity contribution in [2.75, 3.05) is 19.7 Å². The summed E-state index contributed by atoms with van der Waals surface area (Å²) in [4.78, 5) is 2.41. The van der Waals surface area contributed by atoms with Crippen LogP contribution in [0.1, 0.15) is 50.9 Å². The maximum atomic E-state index is 5.92. The number of ether oxygens (including phenoxy) is 1. The van der Waals surface area contributed by atoms with E-state index in [4.69, 9.17) is 4.74 Å². The Morgan fingerprint density at radius 1 is 1.39 bits per heavy atom. The average molecular weight is 318 g/mol. The first-order valence-electron chi connectivity index (χ1n) is 8.23. The Hall–Kier alpha value is -1.73. The molecular weight excluding hydrogens is 292 g/mol. The monoisotopic (exact) mass is 318 g/mol. The van der Waals surface area contributed by atoms with Gasteiger partial charge in [-0.15, -0.1) is 10.2 Å². The Balaban J connectivity index is 1.71. The van der Waals surface area contributed by atoms with E-state index in [0.29, 0.717) is 6.61 Å². The Morgan fingerprint density at radius 2 is 2.22 bits per heavy atom. The van der Waals surface area contributed by atoms with Crippen LogP contribution >= 0.6 is 0 Å². The van der Waals surface area contributed by atoms with Gasteiger partial charge in [-0.1, -0.05) is 20.8 Å². The SMILES string of the molecule is CCn1cnnc1[C@@H]1CN(Cc2cn[nH]c2C(C)(C)C)CCO1. The number of nitrogens with zero attached hydrogens (tertiary/aromatic N) is 5. The predicted octanol–water partition coefficient (Wildman–Crippen LogP) is 1.89. The summed E-state index contributed by atoms with van der Waals surface area (Å²) in [6, 6.07) is 0. The highest BCUT2D eigenvalue weighted by molar-refractivity contribution is 5.23. The molecule has 0 aliphatic carbocycles. The van der Waals surface area contributed by atoms with Crippen LogP contribution in [0.5, 0.6) is 0 Å². The molecule has 0 saturated carbocycles. The quantitative estimate of drug-likeness (QED) is 0.932. The van der Waals surface area contributed by atoms with Crippen molar-refractivity contribution in [1.82, 2.24) is 29.9 Å². The lowest BCUT2D eigenvalue weighted by Crippen LogP contribution is -2.39. The summed E-state index contributed by atoms with van der Waals surface area (Å²) in [6.07, 6.45) is 3.70. The fourth-order valence-electron chi connectivity index (χ4n) is 3.08. The van der Waals surface area contributed by atoms with Crippen LogP contribution in [0.2, 0.25) is 0 Å². The van der Waals surface area contributed by atoms with Gasteiger partial charge in [0.1, 0.15) is 12.4 Å². The standard InChI is InChI=1S/C16H26N6O/c1-5-22-11-18-20-15(22)13-10-21(6-7-23-13)9-12-8-17-19-14(12)16(2,3)4/h8,11,13H,5-7,9-10H2,1-4H3,(H,17,19)/t13-/m0/s1. The highest BCUT2D eigenvalue weighted by Crippen LogP contribution is 2.26. The summed E-state index contributed by atoms with van der Waals surface area (Å²) < 4.78 is 7.97. The molecule has 0 radical (unpaired) electrons. The largest absolute Gasteiger partial charge is 0.368 e. The molecule has 0 amide bonds. The van der Waals surface area contributed by atoms with E-state index in [0.717, 1.165) is 32.0 Å². The summed E-state index contributed by atoms with van der Waals surface area (Å²) in [5.41, 5.74) is 2.53. The van der Waals surface area contributed by atoms with Crippen molar-refractivity contribution in [3.63, 3.8) is 0 Å². The van der Waals surface area contributed by atoms with Crippen LogP contribution in [0.15, 0.2) is 12.5 Å². The molecule has 1 N–H and O–H groups in total. The summed E-state index contributed by atoms with van der Waals surface area (Å²) >= 11 is 0. The molecule has 7 heteroatoms. The molecule has 1 aliphatic heterocycles. The van der Waals surface area contributed by atoms with Crippen molar-refractivity contribution in [3.05, 3.63) is 29.6 Å². The molecule has 3 heterocycles. The van der Waals surface area contributed by atoms with E-state index in [1.807, 2.05) is 10.8 Å². The van der Waals surface area contributed by atoms with Crippen LogP contribution in [-0.4, -0.2) is 49.6 Å². The lowest BCUT2D eigenvalue weighted by atomic mass is 9.89. The van der Waals surface area contributed by atoms with E-state index in [1.165, 1.54) is 11.3 Å². The number of aromatic nitrogens is 5. The van der Waals surface area contributed by atoms with Crippen LogP contribution in [-0.2, 0) is 23.2 Å². The second-order valence-corrected chi connectivity index (χ2v) is 7.09. The molecule has 2 aromatic heterocycles. The third-order valence-electron chi connectivity index (χ3n) is 4.29. The number of hydrogen-bond acceptors (Lipinski definition) is 5. The molecule has 23 heavy (non-hydrogen) atoms. The molecule has 0 aromatic carbocycles. The lowest BCUT2D eigenvalue weighted by Gasteiger charge is -2.33. The molecule has 3 rings (SSSR count). The summed E-state index contributed by atoms with van der Waals surface area (Å²) in [7, 11) is 0. The molecule has 2 aromatic rings. The van der Waals surface area contributed by atoms with Gasteiger partial charge in [0.2, 0.25) is 0 Å². The Labute approximate surface area is 137 Å². The number of hydrogen-bond donors (Lipinski definition) is 1. The summed E-state index contributed by atoms with van der Waals surface area (Å²) in [5.74, 6) is 0.917. The number of H-pyrrole nitrogens is 1. The maximum absolute atomic E-state index is 5.92. The molecule has 126 valence electrons. The van der Waals surface area contributed by atoms with E-state index in [1.54, 1.807) is 6.33 Å². The molecule has 1 aliphatic rings. The summed E-state index contributed by atoms with van der Waals surface area (Å²) in [5, 5.41) is 15.7. The van der Waals surface area contributed by atoms with Gasteiger partial charge in [0.25, 0.3) is 0 Å². The third kappa shape index (κ3) is 3.45. The number of rotatable bonds is 4. The van der Waals surface area contributed by atoms with Gasteiger partial charge in [-0.05, 0) is 6.92 Å². The van der Waals surface area contributed by atoms with Crippen LogP contribution < -0.4 is 0 Å². The fourth-order valence-corrected chi connectivity index (χ4v) is 3.08. The Morgan fingerprint density at radius 3 is 2.96 bits per heavy atom. The Bertz CT molecular complexity index is 641. The molecule has 0 unspecified atom stereocenters. The number of aromatic amines is 1. The van der Waals surface area contributed by atoms with E-state index in [-0.39, 0.29) is 11.5 Å². The number of nitrogens with one attached hydrogen (secondary N) is 1. The van der Waals surface area contributed by atoms with Crippen molar-refractivity contribution >= 4 is 0 Å². The predicted molar refractivity (Wildman–Crippen MR) is 87.0 cm³/mol. The summed E-state index contributed by atoms with van der Waals surface area (Å²) in [6.45, 7) is 12.9. The Kier molecular flexibility index (Phi) is 4.50. The second-order valence-electron chi connectivity index (χ2n) is 7.09. The zero-order valence-electron chi connectivity index (χ0n) is 14.4. The zero-order chi connectivity index (χ0) is 16.4. The smallest absolute Gasteiger partial charge is 0.163 e. The van der Waals surface area contributed by atoms with Crippen LogP contribution in [0.25, 0.3) is 0 Å². The van der Waals surface area contributed by atoms with Gasteiger partial charge in [0.15, 0.2) is 5.82 Å². The van der Waals surface area contributed by atoms with Gasteiger partial charge in [-0.3, -0.25) is 10.00 Å². The number of aryl methyl sites for hydroxylation is 1. The maximum Gasteiger partial charge on any atom is 0.163 e. The second kappa shape index (κ2) is 6.41. The molecule has 0 spiro atoms. The van der Waals surface area contributed by atoms with Crippen molar-refractivity contribution in [1.29, 1.82) is 0 Å². The minimum Gasteiger partial charge on any atom is -0.368 e. The highest BCUT2D eigenvalue weighted by Gasteiger charge is 2.28. The van der Waals surface area contributed by atoms with E-state index < -0.39 is 0 Å². The molecule has 0 bridgehead atoms. The molecule has 1 fully saturated rings. The normalized spacial score (nSPS) is 20.1. The minimum absolute atomic E-state index is 0.0174. The zero-order valence-corrected chi connectivity index (χ0v) is 14.4. The van der Waals surface area contributed by atoms with Crippen LogP contribution in [0.4, 0.5) is 0 Å². The molecule has 1 atom stereocenters. The van der Waals surface area contributed by atoms with Crippen molar-refractivity contribution < 1.29 is 4.74 Å². The first kappa shape index (κ1) is 16.1. The lowest BCUT2D eigenvalue weighted by molar-refractivity contribution is -0.0389. The van der Waals surface area contributed by atoms with Gasteiger partial charge in [-0.25, -0.2) is 0 Å². The van der Waals surface area contributed by atoms with Crippen LogP contribution in [0.3, 0.4) is 0 Å². The average Bonchev–Trinajstić information content (AvgIpc) is 3.15. The van der Waals surface area contributed by atoms with Gasteiger partial charge < -0.3 is 9.30 Å². The highest BCUT2D eigenvalue weighted by atomic mass is 16.5. The fraction of sp³-hybridized carbons (Fsp3) is 0.688. The van der Waals surface area contributed by atoms with Crippen molar-refractivity contribution in [2.45, 2.75) is 52.3 Å².